The molecule has 2 aromatic heterocycles. The van der Waals surface area contributed by atoms with Gasteiger partial charge in [-0.3, -0.25) is 20.6 Å². The number of likely N-dealkylation sites (N-methyl/N-ethyl adjacent to an activating group) is 1. The lowest BCUT2D eigenvalue weighted by molar-refractivity contribution is -0.587. The molecule has 8 N–H and O–H groups in total. The molecule has 2 aromatic rings. The van der Waals surface area contributed by atoms with Crippen LogP contribution >= 0.6 is 11.8 Å². The van der Waals surface area contributed by atoms with E-state index in [2.05, 4.69) is 41.7 Å². The molecule has 0 amide bonds. The highest BCUT2D eigenvalue weighted by atomic mass is 32.2. The van der Waals surface area contributed by atoms with Crippen LogP contribution in [0.5, 0.6) is 0 Å². The summed E-state index contributed by atoms with van der Waals surface area (Å²) in [6.45, 7) is 6.45. The van der Waals surface area contributed by atoms with Gasteiger partial charge in [0.1, 0.15) is 0 Å². The highest BCUT2D eigenvalue weighted by Crippen LogP contribution is 2.20. The quantitative estimate of drug-likeness (QED) is 0.170. The first-order valence-corrected chi connectivity index (χ1v) is 11.5. The van der Waals surface area contributed by atoms with Crippen LogP contribution in [0.1, 0.15) is 5.56 Å². The van der Waals surface area contributed by atoms with E-state index in [0.717, 1.165) is 79.9 Å². The number of hydrogen-bond donors (Lipinski definition) is 5. The standard InChI is InChI=1S/C21H31N9OS/c1-24-12-16(13-26-5-6-30-7-9-31-10-8-30)15-11-18-17(27-14-15)3-4-19(28-18)29-21(23)32-20(22)25-2/h3-4,11,13-14,24,26H,5-10,12H2,1-2H3,(H2,22,25)(H2,23,28,29)/p+2/b16-13+. The van der Waals surface area contributed by atoms with Crippen molar-refractivity contribution in [3.05, 3.63) is 36.2 Å². The number of nitrogens with zero attached hydrogens (tertiary/aromatic N) is 4. The minimum absolute atomic E-state index is 0.318. The number of rotatable bonds is 8. The van der Waals surface area contributed by atoms with E-state index in [1.807, 2.05) is 25.4 Å². The summed E-state index contributed by atoms with van der Waals surface area (Å²) in [5.74, 6) is 0.515. The van der Waals surface area contributed by atoms with E-state index in [0.29, 0.717) is 16.2 Å². The number of thioether (sulfide) groups is 1. The molecule has 11 heteroatoms. The monoisotopic (exact) mass is 459 g/mol. The molecule has 0 radical (unpaired) electrons. The maximum absolute atomic E-state index is 5.95. The lowest BCUT2D eigenvalue weighted by Gasteiger charge is -2.25. The minimum atomic E-state index is 0.318. The Kier molecular flexibility index (Phi) is 9.38. The van der Waals surface area contributed by atoms with Crippen molar-refractivity contribution in [1.29, 1.82) is 0 Å². The molecule has 1 saturated heterocycles. The molecular formula is C21H33N9OS+2. The summed E-state index contributed by atoms with van der Waals surface area (Å²) in [6, 6.07) is 5.73. The van der Waals surface area contributed by atoms with Gasteiger partial charge in [-0.25, -0.2) is 9.98 Å². The number of aromatic nitrogens is 2. The van der Waals surface area contributed by atoms with E-state index in [9.17, 15) is 0 Å². The van der Waals surface area contributed by atoms with Crippen molar-refractivity contribution >= 4 is 44.5 Å². The van der Waals surface area contributed by atoms with E-state index in [1.54, 1.807) is 13.1 Å². The third kappa shape index (κ3) is 7.24. The Hall–Kier alpha value is -2.57. The molecule has 10 nitrogen and oxygen atoms in total. The van der Waals surface area contributed by atoms with E-state index < -0.39 is 0 Å². The molecule has 0 spiro atoms. The van der Waals surface area contributed by atoms with Crippen LogP contribution in [0.3, 0.4) is 0 Å². The molecule has 1 fully saturated rings. The van der Waals surface area contributed by atoms with Gasteiger partial charge < -0.3 is 21.1 Å². The van der Waals surface area contributed by atoms with Crippen molar-refractivity contribution in [2.24, 2.45) is 16.5 Å². The SMILES string of the molecule is CNC/C(=C\[NH2+]CCN1CCOCC1)c1cnc2ccc(N=C(N)SC(N)=[NH+]C)nc2c1. The lowest BCUT2D eigenvalue weighted by atomic mass is 10.1. The van der Waals surface area contributed by atoms with Gasteiger partial charge in [0.15, 0.2) is 11.0 Å². The highest BCUT2D eigenvalue weighted by Gasteiger charge is 2.11. The zero-order valence-electron chi connectivity index (χ0n) is 18.7. The van der Waals surface area contributed by atoms with Gasteiger partial charge in [0.05, 0.1) is 44.0 Å². The average Bonchev–Trinajstić information content (AvgIpc) is 2.81. The number of fused-ring (bicyclic) bond motifs is 1. The number of pyridine rings is 2. The molecular weight excluding hydrogens is 426 g/mol. The first-order valence-electron chi connectivity index (χ1n) is 10.7. The molecule has 1 aliphatic rings. The van der Waals surface area contributed by atoms with Gasteiger partial charge in [-0.2, -0.15) is 0 Å². The molecule has 172 valence electrons. The smallest absolute Gasteiger partial charge is 0.309 e. The number of morpholine rings is 1. The zero-order chi connectivity index (χ0) is 22.8. The van der Waals surface area contributed by atoms with Crippen molar-refractivity contribution in [1.82, 2.24) is 20.2 Å². The van der Waals surface area contributed by atoms with Gasteiger partial charge >= 0.3 is 5.17 Å². The van der Waals surface area contributed by atoms with Crippen LogP contribution in [0.25, 0.3) is 16.6 Å². The van der Waals surface area contributed by atoms with Gasteiger partial charge in [-0.1, -0.05) is 0 Å². The molecule has 0 atom stereocenters. The van der Waals surface area contributed by atoms with E-state index in [1.165, 1.54) is 0 Å². The van der Waals surface area contributed by atoms with Crippen LogP contribution < -0.4 is 27.1 Å². The zero-order valence-corrected chi connectivity index (χ0v) is 19.5. The number of quaternary nitrogens is 1. The molecule has 1 aliphatic heterocycles. The van der Waals surface area contributed by atoms with Crippen molar-refractivity contribution in [3.8, 4) is 0 Å². The predicted molar refractivity (Wildman–Crippen MR) is 130 cm³/mol. The van der Waals surface area contributed by atoms with Crippen LogP contribution in [-0.2, 0) is 4.74 Å². The number of hydrogen-bond acceptors (Lipinski definition) is 7. The van der Waals surface area contributed by atoms with E-state index in [4.69, 9.17) is 16.2 Å². The maximum Gasteiger partial charge on any atom is 0.309 e. The van der Waals surface area contributed by atoms with Crippen molar-refractivity contribution in [2.75, 3.05) is 60.0 Å². The summed E-state index contributed by atoms with van der Waals surface area (Å²) >= 11 is 1.16. The Bertz CT molecular complexity index is 986. The summed E-state index contributed by atoms with van der Waals surface area (Å²) in [5.41, 5.74) is 15.5. The summed E-state index contributed by atoms with van der Waals surface area (Å²) in [4.78, 5) is 18.8. The summed E-state index contributed by atoms with van der Waals surface area (Å²) in [7, 11) is 3.67. The number of nitrogens with two attached hydrogens (primary N) is 3. The van der Waals surface area contributed by atoms with Gasteiger partial charge in [-0.15, -0.1) is 0 Å². The van der Waals surface area contributed by atoms with Gasteiger partial charge in [0.2, 0.25) is 0 Å². The van der Waals surface area contributed by atoms with Crippen molar-refractivity contribution < 1.29 is 15.0 Å². The number of amidine groups is 2. The fraction of sp³-hybridized carbons (Fsp3) is 0.429. The minimum Gasteiger partial charge on any atom is -0.379 e. The summed E-state index contributed by atoms with van der Waals surface area (Å²) < 4.78 is 5.41. The topological polar surface area (TPSA) is 145 Å². The van der Waals surface area contributed by atoms with Crippen LogP contribution in [0.2, 0.25) is 0 Å². The Morgan fingerprint density at radius 2 is 2.16 bits per heavy atom. The molecule has 3 rings (SSSR count). The molecule has 0 saturated carbocycles. The van der Waals surface area contributed by atoms with Crippen LogP contribution in [-0.4, -0.2) is 85.2 Å². The fourth-order valence-corrected chi connectivity index (χ4v) is 3.75. The van der Waals surface area contributed by atoms with Gasteiger partial charge in [-0.05, 0) is 25.2 Å². The Morgan fingerprint density at radius 1 is 1.34 bits per heavy atom. The number of nitrogens with one attached hydrogen (secondary N) is 2. The second-order valence-corrected chi connectivity index (χ2v) is 8.36. The normalized spacial score (nSPS) is 16.6. The number of ether oxygens (including phenoxy) is 1. The molecule has 32 heavy (non-hydrogen) atoms. The number of aliphatic imine (C=N–C) groups is 1. The van der Waals surface area contributed by atoms with Crippen molar-refractivity contribution in [2.45, 2.75) is 0 Å². The average molecular weight is 460 g/mol. The first-order chi connectivity index (χ1) is 15.6. The van der Waals surface area contributed by atoms with E-state index >= 15 is 0 Å². The molecule has 3 heterocycles. The molecule has 0 unspecified atom stereocenters. The predicted octanol–water partition coefficient (Wildman–Crippen LogP) is -2.21. The van der Waals surface area contributed by atoms with Crippen LogP contribution in [0, 0.1) is 0 Å². The Morgan fingerprint density at radius 3 is 2.91 bits per heavy atom. The lowest BCUT2D eigenvalue weighted by Crippen LogP contribution is -2.80. The second-order valence-electron chi connectivity index (χ2n) is 7.30. The maximum atomic E-state index is 5.95. The Labute approximate surface area is 192 Å². The molecule has 0 bridgehead atoms. The third-order valence-corrected chi connectivity index (χ3v) is 5.71. The molecule has 0 aliphatic carbocycles. The van der Waals surface area contributed by atoms with Gasteiger partial charge in [0, 0.05) is 55.3 Å². The summed E-state index contributed by atoms with van der Waals surface area (Å²) in [6.07, 6.45) is 4.06. The first kappa shape index (κ1) is 24.1. The summed E-state index contributed by atoms with van der Waals surface area (Å²) in [5, 5.41) is 6.26. The molecule has 0 aromatic carbocycles. The largest absolute Gasteiger partial charge is 0.379 e. The third-order valence-electron chi connectivity index (χ3n) is 4.98. The van der Waals surface area contributed by atoms with Crippen LogP contribution in [0.4, 0.5) is 5.82 Å². The van der Waals surface area contributed by atoms with Crippen LogP contribution in [0.15, 0.2) is 35.6 Å². The van der Waals surface area contributed by atoms with E-state index in [-0.39, 0.29) is 0 Å². The Balaban J connectivity index is 1.73. The van der Waals surface area contributed by atoms with Crippen molar-refractivity contribution in [3.63, 3.8) is 0 Å². The fourth-order valence-electron chi connectivity index (χ4n) is 3.29. The highest BCUT2D eigenvalue weighted by molar-refractivity contribution is 8.26. The second kappa shape index (κ2) is 12.5. The van der Waals surface area contributed by atoms with Gasteiger partial charge in [0.25, 0.3) is 0 Å².